The molecule has 2 heterocycles. The number of nitrogens with one attached hydrogen (secondary N) is 1. The van der Waals surface area contributed by atoms with Gasteiger partial charge in [-0.2, -0.15) is 5.10 Å². The van der Waals surface area contributed by atoms with Gasteiger partial charge in [-0.1, -0.05) is 18.2 Å². The molecule has 0 saturated carbocycles. The number of methoxy groups -OCH3 is 1. The second kappa shape index (κ2) is 9.09. The normalized spacial score (nSPS) is 10.5. The summed E-state index contributed by atoms with van der Waals surface area (Å²) in [5.41, 5.74) is 3.31. The van der Waals surface area contributed by atoms with Crippen LogP contribution in [0.4, 0.5) is 11.4 Å². The molecule has 0 aliphatic heterocycles. The number of aromatic nitrogens is 3. The molecule has 0 unspecified atom stereocenters. The minimum atomic E-state index is -0.455. The minimum absolute atomic E-state index is 0.0115. The molecule has 0 aliphatic rings. The average Bonchev–Trinajstić information content (AvgIpc) is 3.23. The highest BCUT2D eigenvalue weighted by atomic mass is 16.6. The Kier molecular flexibility index (Phi) is 5.89. The van der Waals surface area contributed by atoms with E-state index in [2.05, 4.69) is 15.4 Å². The Bertz CT molecular complexity index is 1240. The predicted molar refractivity (Wildman–Crippen MR) is 119 cm³/mol. The van der Waals surface area contributed by atoms with E-state index in [1.807, 2.05) is 30.3 Å². The number of carbonyl (C=O) groups is 1. The lowest BCUT2D eigenvalue weighted by Gasteiger charge is -2.06. The van der Waals surface area contributed by atoms with E-state index < -0.39 is 4.92 Å². The summed E-state index contributed by atoms with van der Waals surface area (Å²) < 4.78 is 6.71. The smallest absolute Gasteiger partial charge is 0.269 e. The number of rotatable bonds is 7. The number of amides is 1. The summed E-state index contributed by atoms with van der Waals surface area (Å²) in [6.07, 6.45) is 3.37. The topological polar surface area (TPSA) is 112 Å². The van der Waals surface area contributed by atoms with Gasteiger partial charge in [0.1, 0.15) is 0 Å². The number of hydrogen-bond donors (Lipinski definition) is 1. The summed E-state index contributed by atoms with van der Waals surface area (Å²) in [6, 6.07) is 19.0. The van der Waals surface area contributed by atoms with E-state index >= 15 is 0 Å². The van der Waals surface area contributed by atoms with Gasteiger partial charge in [0.2, 0.25) is 11.8 Å². The average molecular weight is 429 g/mol. The molecule has 1 N–H and O–H groups in total. The monoisotopic (exact) mass is 429 g/mol. The SMILES string of the molecule is COc1ccc(NC(=O)Cc2cn(-c3ccccc3)nc2-c2ccc([N+](=O)[O-])cc2)cn1. The maximum absolute atomic E-state index is 12.7. The van der Waals surface area contributed by atoms with E-state index in [1.165, 1.54) is 25.4 Å². The maximum Gasteiger partial charge on any atom is 0.269 e. The van der Waals surface area contributed by atoms with Crippen LogP contribution in [-0.4, -0.2) is 32.7 Å². The van der Waals surface area contributed by atoms with Gasteiger partial charge < -0.3 is 10.1 Å². The van der Waals surface area contributed by atoms with Gasteiger partial charge in [0.15, 0.2) is 0 Å². The molecular weight excluding hydrogens is 410 g/mol. The van der Waals surface area contributed by atoms with Gasteiger partial charge in [-0.05, 0) is 30.3 Å². The van der Waals surface area contributed by atoms with Crippen LogP contribution in [0, 0.1) is 10.1 Å². The van der Waals surface area contributed by atoms with Crippen molar-refractivity contribution in [3.63, 3.8) is 0 Å². The Morgan fingerprint density at radius 2 is 1.84 bits per heavy atom. The largest absolute Gasteiger partial charge is 0.481 e. The van der Waals surface area contributed by atoms with Crippen molar-refractivity contribution in [2.75, 3.05) is 12.4 Å². The third-order valence-corrected chi connectivity index (χ3v) is 4.74. The fraction of sp³-hybridized carbons (Fsp3) is 0.0870. The molecule has 4 aromatic rings. The first-order valence-corrected chi connectivity index (χ1v) is 9.72. The number of ether oxygens (including phenoxy) is 1. The van der Waals surface area contributed by atoms with Crippen molar-refractivity contribution >= 4 is 17.3 Å². The second-order valence-corrected chi connectivity index (χ2v) is 6.90. The van der Waals surface area contributed by atoms with Crippen LogP contribution in [0.25, 0.3) is 16.9 Å². The van der Waals surface area contributed by atoms with Gasteiger partial charge >= 0.3 is 0 Å². The van der Waals surface area contributed by atoms with Crippen LogP contribution >= 0.6 is 0 Å². The zero-order chi connectivity index (χ0) is 22.5. The molecule has 0 atom stereocenters. The number of para-hydroxylation sites is 1. The van der Waals surface area contributed by atoms with E-state index in [1.54, 1.807) is 35.1 Å². The molecule has 4 rings (SSSR count). The molecule has 2 aromatic carbocycles. The van der Waals surface area contributed by atoms with Gasteiger partial charge in [0.25, 0.3) is 5.69 Å². The molecule has 32 heavy (non-hydrogen) atoms. The zero-order valence-corrected chi connectivity index (χ0v) is 17.1. The quantitative estimate of drug-likeness (QED) is 0.351. The second-order valence-electron chi connectivity index (χ2n) is 6.90. The van der Waals surface area contributed by atoms with Gasteiger partial charge in [0.05, 0.1) is 41.7 Å². The van der Waals surface area contributed by atoms with Crippen LogP contribution in [0.1, 0.15) is 5.56 Å². The number of pyridine rings is 1. The van der Waals surface area contributed by atoms with Crippen molar-refractivity contribution in [2.24, 2.45) is 0 Å². The Hall–Kier alpha value is -4.53. The van der Waals surface area contributed by atoms with Gasteiger partial charge in [-0.3, -0.25) is 14.9 Å². The van der Waals surface area contributed by atoms with Crippen molar-refractivity contribution in [3.05, 3.63) is 94.8 Å². The summed E-state index contributed by atoms with van der Waals surface area (Å²) in [5.74, 6) is 0.209. The van der Waals surface area contributed by atoms with Crippen LogP contribution in [0.3, 0.4) is 0 Å². The fourth-order valence-electron chi connectivity index (χ4n) is 3.19. The number of hydrogen-bond acceptors (Lipinski definition) is 6. The standard InChI is InChI=1S/C23H19N5O4/c1-32-22-12-9-18(14-24-22)25-21(29)13-17-15-27(19-5-3-2-4-6-19)26-23(17)16-7-10-20(11-8-16)28(30)31/h2-12,14-15H,13H2,1H3,(H,25,29). The molecule has 9 heteroatoms. The molecule has 1 amide bonds. The summed E-state index contributed by atoms with van der Waals surface area (Å²) >= 11 is 0. The van der Waals surface area contributed by atoms with Crippen molar-refractivity contribution in [2.45, 2.75) is 6.42 Å². The van der Waals surface area contributed by atoms with Crippen LogP contribution in [-0.2, 0) is 11.2 Å². The number of nitro benzene ring substituents is 1. The Morgan fingerprint density at radius 3 is 2.47 bits per heavy atom. The van der Waals surface area contributed by atoms with E-state index in [0.29, 0.717) is 28.4 Å². The molecule has 0 saturated heterocycles. The highest BCUT2D eigenvalue weighted by Crippen LogP contribution is 2.26. The Labute approximate surface area is 183 Å². The zero-order valence-electron chi connectivity index (χ0n) is 17.1. The lowest BCUT2D eigenvalue weighted by molar-refractivity contribution is -0.384. The van der Waals surface area contributed by atoms with Crippen LogP contribution in [0.2, 0.25) is 0 Å². The number of nitro groups is 1. The first-order valence-electron chi connectivity index (χ1n) is 9.72. The third kappa shape index (κ3) is 4.62. The van der Waals surface area contributed by atoms with Crippen LogP contribution in [0.5, 0.6) is 5.88 Å². The lowest BCUT2D eigenvalue weighted by atomic mass is 10.1. The number of anilines is 1. The van der Waals surface area contributed by atoms with Crippen molar-refractivity contribution < 1.29 is 14.5 Å². The van der Waals surface area contributed by atoms with Crippen molar-refractivity contribution in [3.8, 4) is 22.8 Å². The molecule has 2 aromatic heterocycles. The van der Waals surface area contributed by atoms with Crippen LogP contribution in [0.15, 0.2) is 79.1 Å². The van der Waals surface area contributed by atoms with E-state index in [9.17, 15) is 14.9 Å². The molecule has 160 valence electrons. The maximum atomic E-state index is 12.7. The highest BCUT2D eigenvalue weighted by Gasteiger charge is 2.17. The van der Waals surface area contributed by atoms with E-state index in [4.69, 9.17) is 4.74 Å². The summed E-state index contributed by atoms with van der Waals surface area (Å²) in [6.45, 7) is 0. The summed E-state index contributed by atoms with van der Waals surface area (Å²) in [4.78, 5) is 27.3. The van der Waals surface area contributed by atoms with E-state index in [-0.39, 0.29) is 18.0 Å². The van der Waals surface area contributed by atoms with Crippen molar-refractivity contribution in [1.82, 2.24) is 14.8 Å². The van der Waals surface area contributed by atoms with Gasteiger partial charge in [0, 0.05) is 35.5 Å². The summed E-state index contributed by atoms with van der Waals surface area (Å²) in [5, 5.41) is 18.4. The molecule has 0 spiro atoms. The highest BCUT2D eigenvalue weighted by molar-refractivity contribution is 5.93. The predicted octanol–water partition coefficient (Wildman–Crippen LogP) is 4.03. The molecule has 0 bridgehead atoms. The van der Waals surface area contributed by atoms with Gasteiger partial charge in [-0.15, -0.1) is 0 Å². The number of non-ortho nitro benzene ring substituents is 1. The summed E-state index contributed by atoms with van der Waals surface area (Å²) in [7, 11) is 1.52. The number of nitrogens with zero attached hydrogens (tertiary/aromatic N) is 4. The fourth-order valence-corrected chi connectivity index (χ4v) is 3.19. The first kappa shape index (κ1) is 20.7. The molecular formula is C23H19N5O4. The number of carbonyl (C=O) groups excluding carboxylic acids is 1. The molecule has 0 aliphatic carbocycles. The molecule has 0 fully saturated rings. The Balaban J connectivity index is 1.63. The molecule has 0 radical (unpaired) electrons. The Morgan fingerprint density at radius 1 is 1.09 bits per heavy atom. The first-order chi connectivity index (χ1) is 15.5. The van der Waals surface area contributed by atoms with E-state index in [0.717, 1.165) is 5.69 Å². The van der Waals surface area contributed by atoms with Crippen LogP contribution < -0.4 is 10.1 Å². The lowest BCUT2D eigenvalue weighted by Crippen LogP contribution is -2.14. The van der Waals surface area contributed by atoms with Gasteiger partial charge in [-0.25, -0.2) is 9.67 Å². The number of benzene rings is 2. The molecule has 9 nitrogen and oxygen atoms in total. The minimum Gasteiger partial charge on any atom is -0.481 e. The third-order valence-electron chi connectivity index (χ3n) is 4.74. The van der Waals surface area contributed by atoms with Crippen molar-refractivity contribution in [1.29, 1.82) is 0 Å².